The summed E-state index contributed by atoms with van der Waals surface area (Å²) in [5.41, 5.74) is 3.75. The highest BCUT2D eigenvalue weighted by molar-refractivity contribution is 5.64. The predicted octanol–water partition coefficient (Wildman–Crippen LogP) is 6.45. The minimum Gasteiger partial charge on any atom is -0.494 e. The molecule has 0 unspecified atom stereocenters. The van der Waals surface area contributed by atoms with E-state index in [9.17, 15) is 0 Å². The maximum Gasteiger partial charge on any atom is 0.119 e. The molecule has 0 saturated heterocycles. The van der Waals surface area contributed by atoms with Crippen molar-refractivity contribution in [1.29, 1.82) is 0 Å². The van der Waals surface area contributed by atoms with Crippen LogP contribution in [0.15, 0.2) is 61.2 Å². The molecule has 0 bridgehead atoms. The average molecular weight is 353 g/mol. The molecule has 0 saturated carbocycles. The Kier molecular flexibility index (Phi) is 9.60. The van der Waals surface area contributed by atoms with Crippen molar-refractivity contribution in [3.63, 3.8) is 0 Å². The summed E-state index contributed by atoms with van der Waals surface area (Å²) in [6.07, 6.45) is 10.2. The maximum absolute atomic E-state index is 5.86. The minimum atomic E-state index is 0.799. The van der Waals surface area contributed by atoms with E-state index in [1.165, 1.54) is 48.8 Å². The molecule has 0 atom stereocenters. The van der Waals surface area contributed by atoms with Crippen LogP contribution >= 0.6 is 0 Å². The normalized spacial score (nSPS) is 10.7. The molecule has 0 spiro atoms. The van der Waals surface area contributed by atoms with Crippen LogP contribution in [0.3, 0.4) is 0 Å². The molecule has 2 aromatic carbocycles. The van der Waals surface area contributed by atoms with Gasteiger partial charge in [0.15, 0.2) is 0 Å². The lowest BCUT2D eigenvalue weighted by Gasteiger charge is -2.08. The van der Waals surface area contributed by atoms with Crippen LogP contribution in [0.1, 0.15) is 44.1 Å². The summed E-state index contributed by atoms with van der Waals surface area (Å²) in [5, 5.41) is 0. The molecular weight excluding hydrogens is 320 g/mol. The van der Waals surface area contributed by atoms with E-state index in [4.69, 9.17) is 9.47 Å². The van der Waals surface area contributed by atoms with Gasteiger partial charge in [-0.25, -0.2) is 0 Å². The van der Waals surface area contributed by atoms with Gasteiger partial charge in [0.1, 0.15) is 5.75 Å². The molecule has 0 aliphatic carbocycles. The second-order valence-corrected chi connectivity index (χ2v) is 6.68. The Morgan fingerprint density at radius 1 is 0.731 bits per heavy atom. The summed E-state index contributed by atoms with van der Waals surface area (Å²) < 4.78 is 10.9. The highest BCUT2D eigenvalue weighted by atomic mass is 16.5. The van der Waals surface area contributed by atoms with Gasteiger partial charge in [0.25, 0.3) is 0 Å². The van der Waals surface area contributed by atoms with Gasteiger partial charge < -0.3 is 9.47 Å². The van der Waals surface area contributed by atoms with E-state index < -0.39 is 0 Å². The van der Waals surface area contributed by atoms with Crippen LogP contribution in [-0.4, -0.2) is 20.3 Å². The van der Waals surface area contributed by atoms with Crippen LogP contribution in [0.2, 0.25) is 0 Å². The first-order chi connectivity index (χ1) is 12.8. The average Bonchev–Trinajstić information content (AvgIpc) is 2.68. The van der Waals surface area contributed by atoms with E-state index in [1.807, 2.05) is 6.08 Å². The molecule has 2 heteroatoms. The van der Waals surface area contributed by atoms with Crippen molar-refractivity contribution in [3.8, 4) is 16.9 Å². The summed E-state index contributed by atoms with van der Waals surface area (Å²) in [4.78, 5) is 0. The monoisotopic (exact) mass is 352 g/mol. The zero-order valence-corrected chi connectivity index (χ0v) is 16.1. The Bertz CT molecular complexity index is 614. The maximum atomic E-state index is 5.86. The van der Waals surface area contributed by atoms with Crippen LogP contribution in [0, 0.1) is 0 Å². The second kappa shape index (κ2) is 12.3. The molecule has 2 aromatic rings. The fraction of sp³-hybridized carbons (Fsp3) is 0.417. The summed E-state index contributed by atoms with van der Waals surface area (Å²) in [5.74, 6) is 0.956. The van der Waals surface area contributed by atoms with Gasteiger partial charge in [0, 0.05) is 13.7 Å². The molecule has 0 aliphatic heterocycles. The van der Waals surface area contributed by atoms with E-state index in [1.54, 1.807) is 7.11 Å². The lowest BCUT2D eigenvalue weighted by molar-refractivity contribution is 0.191. The van der Waals surface area contributed by atoms with E-state index >= 15 is 0 Å². The zero-order valence-electron chi connectivity index (χ0n) is 16.1. The molecule has 0 aliphatic rings. The Morgan fingerprint density at radius 3 is 1.85 bits per heavy atom. The van der Waals surface area contributed by atoms with E-state index in [0.29, 0.717) is 0 Å². The lowest BCUT2D eigenvalue weighted by Crippen LogP contribution is -1.97. The van der Waals surface area contributed by atoms with Crippen LogP contribution in [0.5, 0.6) is 5.75 Å². The summed E-state index contributed by atoms with van der Waals surface area (Å²) in [6.45, 7) is 5.47. The third-order valence-electron chi connectivity index (χ3n) is 4.53. The van der Waals surface area contributed by atoms with E-state index in [0.717, 1.165) is 31.8 Å². The van der Waals surface area contributed by atoms with Crippen LogP contribution < -0.4 is 4.74 Å². The van der Waals surface area contributed by atoms with Gasteiger partial charge >= 0.3 is 0 Å². The third kappa shape index (κ3) is 7.45. The fourth-order valence-electron chi connectivity index (χ4n) is 2.99. The molecule has 0 radical (unpaired) electrons. The van der Waals surface area contributed by atoms with Crippen molar-refractivity contribution in [2.24, 2.45) is 0 Å². The van der Waals surface area contributed by atoms with Crippen LogP contribution in [0.25, 0.3) is 11.1 Å². The largest absolute Gasteiger partial charge is 0.494 e. The number of allylic oxidation sites excluding steroid dienone is 1. The molecule has 2 rings (SSSR count). The van der Waals surface area contributed by atoms with Gasteiger partial charge in [-0.3, -0.25) is 0 Å². The second-order valence-electron chi connectivity index (χ2n) is 6.68. The van der Waals surface area contributed by atoms with Crippen molar-refractivity contribution in [3.05, 3.63) is 66.7 Å². The van der Waals surface area contributed by atoms with Gasteiger partial charge in [0.05, 0.1) is 6.61 Å². The van der Waals surface area contributed by atoms with Crippen molar-refractivity contribution >= 4 is 0 Å². The van der Waals surface area contributed by atoms with Gasteiger partial charge in [-0.15, -0.1) is 6.58 Å². The number of rotatable bonds is 13. The first-order valence-electron chi connectivity index (χ1n) is 9.75. The Labute approximate surface area is 158 Å². The van der Waals surface area contributed by atoms with Crippen LogP contribution in [0.4, 0.5) is 0 Å². The Balaban J connectivity index is 1.66. The number of methoxy groups -OCH3 is 1. The number of benzene rings is 2. The first-order valence-corrected chi connectivity index (χ1v) is 9.75. The van der Waals surface area contributed by atoms with E-state index in [-0.39, 0.29) is 0 Å². The zero-order chi connectivity index (χ0) is 18.5. The van der Waals surface area contributed by atoms with Crippen LogP contribution in [-0.2, 0) is 11.2 Å². The van der Waals surface area contributed by atoms with Crippen molar-refractivity contribution < 1.29 is 9.47 Å². The molecule has 0 N–H and O–H groups in total. The number of hydrogen-bond donors (Lipinski definition) is 0. The van der Waals surface area contributed by atoms with Crippen molar-refractivity contribution in [2.75, 3.05) is 20.3 Å². The topological polar surface area (TPSA) is 18.5 Å². The first kappa shape index (κ1) is 20.3. The molecule has 26 heavy (non-hydrogen) atoms. The third-order valence-corrected chi connectivity index (χ3v) is 4.53. The number of hydrogen-bond acceptors (Lipinski definition) is 2. The summed E-state index contributed by atoms with van der Waals surface area (Å²) in [7, 11) is 1.77. The standard InChI is InChI=1S/C24H32O2/c1-3-10-21-11-13-22(14-12-21)23-15-17-24(18-16-23)26-20-9-7-5-4-6-8-19-25-2/h3,11-18H,1,4-10,19-20H2,2H3. The number of unbranched alkanes of at least 4 members (excludes halogenated alkanes) is 5. The highest BCUT2D eigenvalue weighted by Gasteiger charge is 2.00. The molecule has 0 aromatic heterocycles. The van der Waals surface area contributed by atoms with Gasteiger partial charge in [0.2, 0.25) is 0 Å². The Morgan fingerprint density at radius 2 is 1.27 bits per heavy atom. The molecular formula is C24H32O2. The molecule has 140 valence electrons. The van der Waals surface area contributed by atoms with Crippen molar-refractivity contribution in [2.45, 2.75) is 44.9 Å². The van der Waals surface area contributed by atoms with Gasteiger partial charge in [-0.1, -0.05) is 68.2 Å². The molecule has 2 nitrogen and oxygen atoms in total. The SMILES string of the molecule is C=CCc1ccc(-c2ccc(OCCCCCCCCOC)cc2)cc1. The molecule has 0 heterocycles. The molecule has 0 fully saturated rings. The van der Waals surface area contributed by atoms with E-state index in [2.05, 4.69) is 55.1 Å². The lowest BCUT2D eigenvalue weighted by atomic mass is 10.0. The predicted molar refractivity (Wildman–Crippen MR) is 111 cm³/mol. The summed E-state index contributed by atoms with van der Waals surface area (Å²) in [6, 6.07) is 17.1. The fourth-order valence-corrected chi connectivity index (χ4v) is 2.99. The minimum absolute atomic E-state index is 0.799. The summed E-state index contributed by atoms with van der Waals surface area (Å²) >= 11 is 0. The smallest absolute Gasteiger partial charge is 0.119 e. The Hall–Kier alpha value is -2.06. The van der Waals surface area contributed by atoms with Gasteiger partial charge in [-0.2, -0.15) is 0 Å². The quantitative estimate of drug-likeness (QED) is 0.305. The number of ether oxygens (including phenoxy) is 2. The van der Waals surface area contributed by atoms with Crippen molar-refractivity contribution in [1.82, 2.24) is 0 Å². The molecule has 0 amide bonds. The van der Waals surface area contributed by atoms with Gasteiger partial charge in [-0.05, 0) is 48.1 Å². The highest BCUT2D eigenvalue weighted by Crippen LogP contribution is 2.23.